The zero-order valence-corrected chi connectivity index (χ0v) is 21.5. The number of nitrogens with one attached hydrogen (secondary N) is 3. The lowest BCUT2D eigenvalue weighted by molar-refractivity contribution is 0.0561. The van der Waals surface area contributed by atoms with E-state index in [4.69, 9.17) is 21.1 Å². The Kier molecular flexibility index (Phi) is 6.23. The Morgan fingerprint density at radius 2 is 1.92 bits per heavy atom. The molecule has 192 valence electrons. The third-order valence-corrected chi connectivity index (χ3v) is 7.12. The van der Waals surface area contributed by atoms with Crippen molar-refractivity contribution in [1.82, 2.24) is 4.98 Å². The van der Waals surface area contributed by atoms with E-state index in [1.54, 1.807) is 43.5 Å². The van der Waals surface area contributed by atoms with E-state index in [1.807, 2.05) is 26.0 Å². The number of amides is 1. The van der Waals surface area contributed by atoms with Crippen molar-refractivity contribution in [2.24, 2.45) is 0 Å². The van der Waals surface area contributed by atoms with Gasteiger partial charge < -0.3 is 19.8 Å². The second kappa shape index (κ2) is 9.27. The third kappa shape index (κ3) is 4.35. The van der Waals surface area contributed by atoms with Crippen LogP contribution < -0.4 is 15.4 Å². The molecule has 1 aliphatic rings. The first kappa shape index (κ1) is 24.9. The predicted molar refractivity (Wildman–Crippen MR) is 142 cm³/mol. The van der Waals surface area contributed by atoms with E-state index in [2.05, 4.69) is 15.6 Å². The number of carbonyl (C=O) groups is 1. The highest BCUT2D eigenvalue weighted by Crippen LogP contribution is 2.46. The molecular weight excluding hydrogens is 500 g/mol. The topological polar surface area (TPSA) is 75.4 Å². The molecule has 0 spiro atoms. The maximum atomic E-state index is 16.1. The molecule has 6 nitrogen and oxygen atoms in total. The molecule has 1 aromatic heterocycles. The predicted octanol–water partition coefficient (Wildman–Crippen LogP) is 7.70. The van der Waals surface area contributed by atoms with Crippen molar-refractivity contribution in [3.63, 3.8) is 0 Å². The van der Waals surface area contributed by atoms with Crippen LogP contribution >= 0.6 is 11.6 Å². The van der Waals surface area contributed by atoms with Crippen LogP contribution in [-0.4, -0.2) is 29.8 Å². The molecule has 37 heavy (non-hydrogen) atoms. The molecule has 3 aromatic carbocycles. The van der Waals surface area contributed by atoms with Gasteiger partial charge in [0.25, 0.3) is 0 Å². The highest BCUT2D eigenvalue weighted by atomic mass is 35.5. The number of carbonyl (C=O) groups excluding carboxylic acids is 1. The molecule has 2 heterocycles. The molecule has 1 aliphatic heterocycles. The van der Waals surface area contributed by atoms with Gasteiger partial charge in [-0.2, -0.15) is 0 Å². The molecule has 0 bridgehead atoms. The van der Waals surface area contributed by atoms with Crippen LogP contribution in [0.4, 0.5) is 25.0 Å². The maximum Gasteiger partial charge on any atom is 0.412 e. The van der Waals surface area contributed by atoms with E-state index in [0.29, 0.717) is 33.2 Å². The maximum absolute atomic E-state index is 16.1. The first-order valence-electron chi connectivity index (χ1n) is 11.8. The Morgan fingerprint density at radius 1 is 1.14 bits per heavy atom. The summed E-state index contributed by atoms with van der Waals surface area (Å²) >= 11 is 6.15. The minimum Gasteiger partial charge on any atom is -0.495 e. The molecule has 0 saturated carbocycles. The van der Waals surface area contributed by atoms with Crippen LogP contribution in [-0.2, 0) is 4.74 Å². The molecule has 0 aliphatic carbocycles. The fourth-order valence-electron chi connectivity index (χ4n) is 5.17. The largest absolute Gasteiger partial charge is 0.495 e. The number of aromatic nitrogens is 1. The average Bonchev–Trinajstić information content (AvgIpc) is 3.31. The first-order valence-corrected chi connectivity index (χ1v) is 12.2. The Hall–Kier alpha value is -3.78. The summed E-state index contributed by atoms with van der Waals surface area (Å²) in [5, 5.41) is 7.00. The van der Waals surface area contributed by atoms with Crippen LogP contribution in [0.2, 0.25) is 5.02 Å². The summed E-state index contributed by atoms with van der Waals surface area (Å²) in [6.45, 7) is 5.40. The van der Waals surface area contributed by atoms with Crippen molar-refractivity contribution in [2.75, 3.05) is 17.7 Å². The molecule has 0 radical (unpaired) electrons. The van der Waals surface area contributed by atoms with E-state index >= 15 is 8.78 Å². The van der Waals surface area contributed by atoms with Crippen molar-refractivity contribution in [3.05, 3.63) is 76.9 Å². The van der Waals surface area contributed by atoms with E-state index in [9.17, 15) is 4.79 Å². The van der Waals surface area contributed by atoms with Crippen LogP contribution in [0.1, 0.15) is 32.3 Å². The van der Waals surface area contributed by atoms with Crippen molar-refractivity contribution in [3.8, 4) is 16.9 Å². The number of methoxy groups -OCH3 is 1. The van der Waals surface area contributed by atoms with Gasteiger partial charge in [-0.25, -0.2) is 13.6 Å². The Balaban J connectivity index is 1.49. The summed E-state index contributed by atoms with van der Waals surface area (Å²) in [4.78, 5) is 15.9. The monoisotopic (exact) mass is 525 g/mol. The molecule has 0 saturated heterocycles. The molecule has 9 heteroatoms. The van der Waals surface area contributed by atoms with Gasteiger partial charge in [0.05, 0.1) is 28.8 Å². The van der Waals surface area contributed by atoms with Crippen molar-refractivity contribution < 1.29 is 23.0 Å². The molecule has 0 fully saturated rings. The van der Waals surface area contributed by atoms with Gasteiger partial charge in [0.1, 0.15) is 23.5 Å². The van der Waals surface area contributed by atoms with E-state index in [-0.39, 0.29) is 11.1 Å². The van der Waals surface area contributed by atoms with Crippen molar-refractivity contribution in [1.29, 1.82) is 0 Å². The van der Waals surface area contributed by atoms with Gasteiger partial charge in [0, 0.05) is 34.6 Å². The lowest BCUT2D eigenvalue weighted by atomic mass is 9.77. The fraction of sp³-hybridized carbons (Fsp3) is 0.250. The summed E-state index contributed by atoms with van der Waals surface area (Å²) in [5.41, 5.74) is 1.12. The second-order valence-corrected chi connectivity index (χ2v) is 10.1. The number of benzene rings is 3. The molecule has 2 atom stereocenters. The smallest absolute Gasteiger partial charge is 0.412 e. The van der Waals surface area contributed by atoms with Crippen molar-refractivity contribution >= 4 is 40.0 Å². The molecule has 1 amide bonds. The normalized spacial score (nSPS) is 18.1. The Bertz CT molecular complexity index is 1520. The second-order valence-electron chi connectivity index (χ2n) is 9.69. The number of fused-ring (bicyclic) bond motifs is 2. The number of rotatable bonds is 4. The summed E-state index contributed by atoms with van der Waals surface area (Å²) in [5.74, 6) is -1.48. The first-order chi connectivity index (χ1) is 17.6. The van der Waals surface area contributed by atoms with Crippen LogP contribution in [0.15, 0.2) is 54.7 Å². The van der Waals surface area contributed by atoms with Gasteiger partial charge in [-0.3, -0.25) is 5.32 Å². The highest BCUT2D eigenvalue weighted by molar-refractivity contribution is 6.32. The number of hydrogen-bond donors (Lipinski definition) is 3. The molecule has 0 unspecified atom stereocenters. The fourth-order valence-corrected chi connectivity index (χ4v) is 5.43. The lowest BCUT2D eigenvalue weighted by Crippen LogP contribution is -2.52. The van der Waals surface area contributed by atoms with Gasteiger partial charge >= 0.3 is 6.09 Å². The zero-order chi connectivity index (χ0) is 26.5. The van der Waals surface area contributed by atoms with Crippen molar-refractivity contribution in [2.45, 2.75) is 38.3 Å². The number of halogens is 3. The SMILES string of the molecule is COc1ccc(NC(=O)O[C@@H]2[C@@H](C)c3c(cc(F)c(-c4cccc5cc[nH]c45)c3F)NC2(C)C)cc1Cl. The number of aromatic amines is 1. The molecule has 5 rings (SSSR count). The van der Waals surface area contributed by atoms with E-state index in [0.717, 1.165) is 5.39 Å². The Labute approximate surface area is 217 Å². The van der Waals surface area contributed by atoms with Gasteiger partial charge in [-0.05, 0) is 49.6 Å². The molecule has 3 N–H and O–H groups in total. The standard InChI is InChI=1S/C28H26ClF2N3O3/c1-14-22-20(13-19(30)23(24(22)31)17-7-5-6-15-10-11-32-25(15)17)34-28(2,3)26(14)37-27(35)33-16-8-9-21(36-4)18(29)12-16/h5-14,26,32,34H,1-4H3,(H,33,35)/t14-,26+/m0/s1. The quantitative estimate of drug-likeness (QED) is 0.255. The summed E-state index contributed by atoms with van der Waals surface area (Å²) in [7, 11) is 1.49. The van der Waals surface area contributed by atoms with Crippen LogP contribution in [0.5, 0.6) is 5.75 Å². The highest BCUT2D eigenvalue weighted by Gasteiger charge is 2.45. The summed E-state index contributed by atoms with van der Waals surface area (Å²) < 4.78 is 42.4. The van der Waals surface area contributed by atoms with Gasteiger partial charge in [0.2, 0.25) is 0 Å². The molecule has 4 aromatic rings. The lowest BCUT2D eigenvalue weighted by Gasteiger charge is -2.44. The number of hydrogen-bond acceptors (Lipinski definition) is 4. The van der Waals surface area contributed by atoms with Gasteiger partial charge in [-0.15, -0.1) is 0 Å². The minimum absolute atomic E-state index is 0.128. The average molecular weight is 526 g/mol. The van der Waals surface area contributed by atoms with Crippen LogP contribution in [0.25, 0.3) is 22.0 Å². The molecular formula is C28H26ClF2N3O3. The number of ether oxygens (including phenoxy) is 2. The third-order valence-electron chi connectivity index (χ3n) is 6.82. The van der Waals surface area contributed by atoms with E-state index in [1.165, 1.54) is 13.2 Å². The summed E-state index contributed by atoms with van der Waals surface area (Å²) in [6, 6.07) is 13.3. The van der Waals surface area contributed by atoms with Crippen LogP contribution in [0.3, 0.4) is 0 Å². The minimum atomic E-state index is -0.818. The number of H-pyrrole nitrogens is 1. The van der Waals surface area contributed by atoms with Gasteiger partial charge in [-0.1, -0.05) is 36.7 Å². The van der Waals surface area contributed by atoms with Gasteiger partial charge in [0.15, 0.2) is 0 Å². The zero-order valence-electron chi connectivity index (χ0n) is 20.7. The Morgan fingerprint density at radius 3 is 2.65 bits per heavy atom. The number of para-hydroxylation sites is 1. The van der Waals surface area contributed by atoms with Crippen LogP contribution in [0, 0.1) is 11.6 Å². The summed E-state index contributed by atoms with van der Waals surface area (Å²) in [6.07, 6.45) is 0.228. The number of anilines is 2. The van der Waals surface area contributed by atoms with E-state index < -0.39 is 35.3 Å².